The zero-order valence-corrected chi connectivity index (χ0v) is 10.6. The fraction of sp³-hybridized carbons (Fsp3) is 0.500. The second-order valence-corrected chi connectivity index (χ2v) is 4.69. The molecule has 2 N–H and O–H groups in total. The Balaban J connectivity index is 2.28. The zero-order valence-electron chi connectivity index (χ0n) is 10.6. The maximum Gasteiger partial charge on any atom is 0.224 e. The molecule has 0 atom stereocenters. The Hall–Kier alpha value is -1.51. The Kier molecular flexibility index (Phi) is 5.53. The van der Waals surface area contributed by atoms with Gasteiger partial charge in [0, 0.05) is 12.1 Å². The van der Waals surface area contributed by atoms with Gasteiger partial charge in [0.15, 0.2) is 0 Å². The highest BCUT2D eigenvalue weighted by atomic mass is 16.3. The molecule has 17 heavy (non-hydrogen) atoms. The number of phenolic OH excluding ortho intramolecular Hbond substituents is 1. The first-order valence-electron chi connectivity index (χ1n) is 6.13. The van der Waals surface area contributed by atoms with Gasteiger partial charge >= 0.3 is 0 Å². The van der Waals surface area contributed by atoms with Gasteiger partial charge in [0.25, 0.3) is 0 Å². The van der Waals surface area contributed by atoms with E-state index in [1.54, 1.807) is 18.2 Å². The number of nitrogens with one attached hydrogen (secondary N) is 1. The van der Waals surface area contributed by atoms with Gasteiger partial charge in [0.05, 0.1) is 6.42 Å². The fourth-order valence-corrected chi connectivity index (χ4v) is 1.63. The molecule has 1 aromatic carbocycles. The van der Waals surface area contributed by atoms with E-state index >= 15 is 0 Å². The predicted molar refractivity (Wildman–Crippen MR) is 68.9 cm³/mol. The molecule has 3 heteroatoms. The summed E-state index contributed by atoms with van der Waals surface area (Å²) in [5.74, 6) is 0.824. The molecular formula is C14H21NO2. The highest BCUT2D eigenvalue weighted by molar-refractivity contribution is 5.79. The minimum absolute atomic E-state index is 0.0322. The summed E-state index contributed by atoms with van der Waals surface area (Å²) in [6.45, 7) is 5.05. The van der Waals surface area contributed by atoms with Crippen molar-refractivity contribution in [3.8, 4) is 5.75 Å². The number of phenols is 1. The fourth-order valence-electron chi connectivity index (χ4n) is 1.63. The van der Waals surface area contributed by atoms with Crippen molar-refractivity contribution in [1.29, 1.82) is 0 Å². The van der Waals surface area contributed by atoms with Gasteiger partial charge in [-0.05, 0) is 24.8 Å². The van der Waals surface area contributed by atoms with Crippen molar-refractivity contribution in [2.24, 2.45) is 5.92 Å². The summed E-state index contributed by atoms with van der Waals surface area (Å²) >= 11 is 0. The lowest BCUT2D eigenvalue weighted by molar-refractivity contribution is -0.120. The third-order valence-electron chi connectivity index (χ3n) is 2.62. The van der Waals surface area contributed by atoms with Gasteiger partial charge in [-0.2, -0.15) is 0 Å². The van der Waals surface area contributed by atoms with Gasteiger partial charge in [0.2, 0.25) is 5.91 Å². The molecule has 0 aliphatic carbocycles. The number of benzene rings is 1. The van der Waals surface area contributed by atoms with Crippen molar-refractivity contribution in [1.82, 2.24) is 5.32 Å². The Labute approximate surface area is 103 Å². The van der Waals surface area contributed by atoms with Crippen LogP contribution >= 0.6 is 0 Å². The van der Waals surface area contributed by atoms with Gasteiger partial charge < -0.3 is 10.4 Å². The Morgan fingerprint density at radius 1 is 1.35 bits per heavy atom. The molecule has 1 amide bonds. The third kappa shape index (κ3) is 5.38. The summed E-state index contributed by atoms with van der Waals surface area (Å²) in [5, 5.41) is 12.4. The van der Waals surface area contributed by atoms with Crippen molar-refractivity contribution >= 4 is 5.91 Å². The topological polar surface area (TPSA) is 49.3 Å². The van der Waals surface area contributed by atoms with Gasteiger partial charge in [0.1, 0.15) is 5.75 Å². The average Bonchev–Trinajstić information content (AvgIpc) is 2.27. The van der Waals surface area contributed by atoms with Gasteiger partial charge in [-0.1, -0.05) is 32.0 Å². The molecule has 0 fully saturated rings. The van der Waals surface area contributed by atoms with Crippen LogP contribution in [0, 0.1) is 5.92 Å². The zero-order chi connectivity index (χ0) is 12.7. The molecule has 0 heterocycles. The number of amides is 1. The van der Waals surface area contributed by atoms with E-state index < -0.39 is 0 Å². The lowest BCUT2D eigenvalue weighted by Crippen LogP contribution is -2.26. The van der Waals surface area contributed by atoms with E-state index in [2.05, 4.69) is 19.2 Å². The molecule has 0 bridgehead atoms. The van der Waals surface area contributed by atoms with Crippen LogP contribution in [0.3, 0.4) is 0 Å². The quantitative estimate of drug-likeness (QED) is 0.744. The molecule has 1 rings (SSSR count). The Morgan fingerprint density at radius 2 is 2.06 bits per heavy atom. The van der Waals surface area contributed by atoms with Crippen LogP contribution in [-0.4, -0.2) is 17.6 Å². The van der Waals surface area contributed by atoms with Crippen LogP contribution < -0.4 is 5.32 Å². The summed E-state index contributed by atoms with van der Waals surface area (Å²) in [6, 6.07) is 6.94. The van der Waals surface area contributed by atoms with Gasteiger partial charge in [-0.3, -0.25) is 4.79 Å². The number of carbonyl (C=O) groups excluding carboxylic acids is 1. The monoisotopic (exact) mass is 235 g/mol. The number of hydrogen-bond acceptors (Lipinski definition) is 2. The summed E-state index contributed by atoms with van der Waals surface area (Å²) in [7, 11) is 0. The SMILES string of the molecule is CC(C)CCCNC(=O)Cc1ccccc1O. The maximum atomic E-state index is 11.6. The van der Waals surface area contributed by atoms with E-state index in [0.717, 1.165) is 12.8 Å². The second kappa shape index (κ2) is 6.94. The van der Waals surface area contributed by atoms with Crippen LogP contribution in [0.5, 0.6) is 5.75 Å². The standard InChI is InChI=1S/C14H21NO2/c1-11(2)6-5-9-15-14(17)10-12-7-3-4-8-13(12)16/h3-4,7-8,11,16H,5-6,9-10H2,1-2H3,(H,15,17). The Bertz CT molecular complexity index is 361. The molecule has 1 aromatic rings. The van der Waals surface area contributed by atoms with Crippen LogP contribution in [-0.2, 0) is 11.2 Å². The third-order valence-corrected chi connectivity index (χ3v) is 2.62. The predicted octanol–water partition coefficient (Wildman–Crippen LogP) is 2.49. The van der Waals surface area contributed by atoms with Crippen molar-refractivity contribution < 1.29 is 9.90 Å². The first kappa shape index (κ1) is 13.6. The first-order chi connectivity index (χ1) is 8.09. The van der Waals surface area contributed by atoms with E-state index in [1.165, 1.54) is 0 Å². The summed E-state index contributed by atoms with van der Waals surface area (Å²) in [6.07, 6.45) is 2.37. The summed E-state index contributed by atoms with van der Waals surface area (Å²) < 4.78 is 0. The molecular weight excluding hydrogens is 214 g/mol. The lowest BCUT2D eigenvalue weighted by atomic mass is 10.1. The highest BCUT2D eigenvalue weighted by Crippen LogP contribution is 2.15. The highest BCUT2D eigenvalue weighted by Gasteiger charge is 2.06. The molecule has 0 aliphatic heterocycles. The smallest absolute Gasteiger partial charge is 0.224 e. The largest absolute Gasteiger partial charge is 0.508 e. The van der Waals surface area contributed by atoms with E-state index in [0.29, 0.717) is 18.0 Å². The van der Waals surface area contributed by atoms with Crippen LogP contribution in [0.2, 0.25) is 0 Å². The van der Waals surface area contributed by atoms with Crippen molar-refractivity contribution in [3.63, 3.8) is 0 Å². The van der Waals surface area contributed by atoms with E-state index in [9.17, 15) is 9.90 Å². The molecule has 0 spiro atoms. The molecule has 0 radical (unpaired) electrons. The van der Waals surface area contributed by atoms with Crippen molar-refractivity contribution in [2.75, 3.05) is 6.54 Å². The van der Waals surface area contributed by atoms with Crippen LogP contribution in [0.4, 0.5) is 0 Å². The molecule has 0 aliphatic rings. The Morgan fingerprint density at radius 3 is 2.71 bits per heavy atom. The van der Waals surface area contributed by atoms with E-state index in [-0.39, 0.29) is 18.1 Å². The lowest BCUT2D eigenvalue weighted by Gasteiger charge is -2.07. The number of hydrogen-bond donors (Lipinski definition) is 2. The normalized spacial score (nSPS) is 10.5. The second-order valence-electron chi connectivity index (χ2n) is 4.69. The number of aromatic hydroxyl groups is 1. The molecule has 94 valence electrons. The van der Waals surface area contributed by atoms with E-state index in [4.69, 9.17) is 0 Å². The molecule has 0 unspecified atom stereocenters. The van der Waals surface area contributed by atoms with Gasteiger partial charge in [-0.15, -0.1) is 0 Å². The van der Waals surface area contributed by atoms with Crippen LogP contribution in [0.15, 0.2) is 24.3 Å². The molecule has 3 nitrogen and oxygen atoms in total. The van der Waals surface area contributed by atoms with Crippen molar-refractivity contribution in [2.45, 2.75) is 33.1 Å². The first-order valence-corrected chi connectivity index (χ1v) is 6.13. The molecule has 0 saturated heterocycles. The average molecular weight is 235 g/mol. The number of carbonyl (C=O) groups is 1. The van der Waals surface area contributed by atoms with Crippen LogP contribution in [0.25, 0.3) is 0 Å². The molecule has 0 aromatic heterocycles. The number of rotatable bonds is 6. The minimum Gasteiger partial charge on any atom is -0.508 e. The maximum absolute atomic E-state index is 11.6. The van der Waals surface area contributed by atoms with Gasteiger partial charge in [-0.25, -0.2) is 0 Å². The summed E-state index contributed by atoms with van der Waals surface area (Å²) in [4.78, 5) is 11.6. The van der Waals surface area contributed by atoms with E-state index in [1.807, 2.05) is 6.07 Å². The molecule has 0 saturated carbocycles. The van der Waals surface area contributed by atoms with Crippen LogP contribution in [0.1, 0.15) is 32.3 Å². The van der Waals surface area contributed by atoms with Crippen molar-refractivity contribution in [3.05, 3.63) is 29.8 Å². The summed E-state index contributed by atoms with van der Waals surface area (Å²) in [5.41, 5.74) is 0.675. The number of para-hydroxylation sites is 1. The minimum atomic E-state index is -0.0322.